The van der Waals surface area contributed by atoms with Crippen molar-refractivity contribution in [3.05, 3.63) is 40.7 Å². The van der Waals surface area contributed by atoms with Crippen molar-refractivity contribution in [3.8, 4) is 0 Å². The number of hydrogen-bond acceptors (Lipinski definition) is 3. The van der Waals surface area contributed by atoms with Gasteiger partial charge in [-0.05, 0) is 17.5 Å². The van der Waals surface area contributed by atoms with Crippen molar-refractivity contribution in [1.82, 2.24) is 4.98 Å². The number of rotatable bonds is 3. The third-order valence-corrected chi connectivity index (χ3v) is 2.18. The lowest BCUT2D eigenvalue weighted by Crippen LogP contribution is -2.13. The van der Waals surface area contributed by atoms with Crippen LogP contribution >= 0.6 is 0 Å². The highest BCUT2D eigenvalue weighted by Gasteiger charge is 1.99. The van der Waals surface area contributed by atoms with E-state index in [9.17, 15) is 4.79 Å². The van der Waals surface area contributed by atoms with Gasteiger partial charge in [-0.15, -0.1) is 0 Å². The number of aliphatic hydroxyl groups excluding tert-OH is 1. The number of aromatic nitrogens is 1. The Hall–Kier alpha value is -1.81. The summed E-state index contributed by atoms with van der Waals surface area (Å²) in [6, 6.07) is 9.24. The van der Waals surface area contributed by atoms with Crippen LogP contribution in [0.1, 0.15) is 0 Å². The Bertz CT molecular complexity index is 519. The molecular weight excluding hydrogens is 192 g/mol. The molecule has 0 atom stereocenters. The normalized spacial score (nSPS) is 10.5. The number of anilines is 1. The second-order valence-electron chi connectivity index (χ2n) is 3.25. The van der Waals surface area contributed by atoms with E-state index in [1.807, 2.05) is 24.3 Å². The summed E-state index contributed by atoms with van der Waals surface area (Å²) >= 11 is 0. The minimum absolute atomic E-state index is 0.0366. The van der Waals surface area contributed by atoms with E-state index in [2.05, 4.69) is 10.3 Å². The average Bonchev–Trinajstić information content (AvgIpc) is 2.26. The fourth-order valence-electron chi connectivity index (χ4n) is 1.50. The molecule has 2 rings (SSSR count). The van der Waals surface area contributed by atoms with Crippen molar-refractivity contribution < 1.29 is 5.11 Å². The standard InChI is InChI=1S/C11H12N2O2/c14-6-5-12-10-7-8-3-1-2-4-9(8)11(15)13-10/h1-4,7,14H,5-6H2,(H2,12,13,15). The monoisotopic (exact) mass is 204 g/mol. The largest absolute Gasteiger partial charge is 0.395 e. The molecule has 0 saturated heterocycles. The number of nitrogens with one attached hydrogen (secondary N) is 2. The van der Waals surface area contributed by atoms with Crippen LogP contribution in [0.5, 0.6) is 0 Å². The van der Waals surface area contributed by atoms with Gasteiger partial charge in [0.1, 0.15) is 5.82 Å². The maximum atomic E-state index is 11.6. The van der Waals surface area contributed by atoms with Gasteiger partial charge in [-0.1, -0.05) is 18.2 Å². The van der Waals surface area contributed by atoms with Gasteiger partial charge >= 0.3 is 0 Å². The van der Waals surface area contributed by atoms with Crippen molar-refractivity contribution >= 4 is 16.6 Å². The predicted octanol–water partition coefficient (Wildman–Crippen LogP) is 0.932. The van der Waals surface area contributed by atoms with Crippen LogP contribution in [0.2, 0.25) is 0 Å². The van der Waals surface area contributed by atoms with Crippen LogP contribution in [0, 0.1) is 0 Å². The first-order chi connectivity index (χ1) is 7.31. The maximum absolute atomic E-state index is 11.6. The van der Waals surface area contributed by atoms with Crippen LogP contribution < -0.4 is 10.9 Å². The quantitative estimate of drug-likeness (QED) is 0.697. The summed E-state index contributed by atoms with van der Waals surface area (Å²) in [7, 11) is 0. The fourth-order valence-corrected chi connectivity index (χ4v) is 1.50. The van der Waals surface area contributed by atoms with Crippen molar-refractivity contribution in [1.29, 1.82) is 0 Å². The molecule has 0 radical (unpaired) electrons. The molecule has 0 aliphatic carbocycles. The van der Waals surface area contributed by atoms with E-state index < -0.39 is 0 Å². The molecule has 0 bridgehead atoms. The molecule has 78 valence electrons. The van der Waals surface area contributed by atoms with Crippen molar-refractivity contribution in [2.75, 3.05) is 18.5 Å². The highest BCUT2D eigenvalue weighted by molar-refractivity contribution is 5.83. The zero-order chi connectivity index (χ0) is 10.7. The molecule has 0 fully saturated rings. The molecule has 0 aliphatic heterocycles. The molecule has 15 heavy (non-hydrogen) atoms. The third-order valence-electron chi connectivity index (χ3n) is 2.18. The zero-order valence-corrected chi connectivity index (χ0v) is 8.16. The average molecular weight is 204 g/mol. The summed E-state index contributed by atoms with van der Waals surface area (Å²) in [4.78, 5) is 14.3. The number of pyridine rings is 1. The van der Waals surface area contributed by atoms with Gasteiger partial charge in [-0.2, -0.15) is 0 Å². The minimum atomic E-state index is -0.117. The molecule has 1 aromatic carbocycles. The highest BCUT2D eigenvalue weighted by atomic mass is 16.3. The molecule has 2 aromatic rings. The van der Waals surface area contributed by atoms with Crippen molar-refractivity contribution in [2.24, 2.45) is 0 Å². The Morgan fingerprint density at radius 1 is 1.33 bits per heavy atom. The first kappa shape index (κ1) is 9.73. The third kappa shape index (κ3) is 1.99. The van der Waals surface area contributed by atoms with E-state index >= 15 is 0 Å². The van der Waals surface area contributed by atoms with Crippen LogP contribution in [0.15, 0.2) is 35.1 Å². The molecule has 0 saturated carbocycles. The Labute approximate surface area is 86.6 Å². The Morgan fingerprint density at radius 3 is 2.93 bits per heavy atom. The molecule has 1 aromatic heterocycles. The molecule has 3 N–H and O–H groups in total. The topological polar surface area (TPSA) is 65.1 Å². The van der Waals surface area contributed by atoms with E-state index in [1.165, 1.54) is 0 Å². The van der Waals surface area contributed by atoms with Crippen LogP contribution in [0.3, 0.4) is 0 Å². The van der Waals surface area contributed by atoms with Crippen molar-refractivity contribution in [2.45, 2.75) is 0 Å². The predicted molar refractivity (Wildman–Crippen MR) is 60.1 cm³/mol. The smallest absolute Gasteiger partial charge is 0.257 e. The zero-order valence-electron chi connectivity index (χ0n) is 8.16. The van der Waals surface area contributed by atoms with Gasteiger partial charge < -0.3 is 15.4 Å². The first-order valence-electron chi connectivity index (χ1n) is 4.78. The fraction of sp³-hybridized carbons (Fsp3) is 0.182. The van der Waals surface area contributed by atoms with Crippen molar-refractivity contribution in [3.63, 3.8) is 0 Å². The van der Waals surface area contributed by atoms with Gasteiger partial charge in [-0.3, -0.25) is 4.79 Å². The lowest BCUT2D eigenvalue weighted by Gasteiger charge is -2.05. The van der Waals surface area contributed by atoms with E-state index in [4.69, 9.17) is 5.11 Å². The Balaban J connectivity index is 2.48. The maximum Gasteiger partial charge on any atom is 0.257 e. The molecule has 4 nitrogen and oxygen atoms in total. The Kier molecular flexibility index (Phi) is 2.69. The number of H-pyrrole nitrogens is 1. The highest BCUT2D eigenvalue weighted by Crippen LogP contribution is 2.12. The minimum Gasteiger partial charge on any atom is -0.395 e. The molecule has 1 heterocycles. The van der Waals surface area contributed by atoms with E-state index in [0.29, 0.717) is 17.7 Å². The van der Waals surface area contributed by atoms with Gasteiger partial charge in [0.25, 0.3) is 5.56 Å². The molecule has 0 unspecified atom stereocenters. The Morgan fingerprint density at radius 2 is 2.13 bits per heavy atom. The molecule has 4 heteroatoms. The summed E-state index contributed by atoms with van der Waals surface area (Å²) in [6.07, 6.45) is 0. The van der Waals surface area contributed by atoms with Crippen LogP contribution in [0.4, 0.5) is 5.82 Å². The lowest BCUT2D eigenvalue weighted by molar-refractivity contribution is 0.311. The van der Waals surface area contributed by atoms with E-state index in [0.717, 1.165) is 5.39 Å². The van der Waals surface area contributed by atoms with Gasteiger partial charge in [0.05, 0.1) is 6.61 Å². The SMILES string of the molecule is O=c1[nH]c(NCCO)cc2ccccc12. The first-order valence-corrected chi connectivity index (χ1v) is 4.78. The van der Waals surface area contributed by atoms with Gasteiger partial charge in [-0.25, -0.2) is 0 Å². The number of hydrogen-bond donors (Lipinski definition) is 3. The van der Waals surface area contributed by atoms with Gasteiger partial charge in [0.15, 0.2) is 0 Å². The number of benzene rings is 1. The number of aromatic amines is 1. The van der Waals surface area contributed by atoms with Crippen LogP contribution in [-0.2, 0) is 0 Å². The van der Waals surface area contributed by atoms with Crippen LogP contribution in [-0.4, -0.2) is 23.2 Å². The molecule has 0 spiro atoms. The van der Waals surface area contributed by atoms with E-state index in [1.54, 1.807) is 6.07 Å². The summed E-state index contributed by atoms with van der Waals surface area (Å²) in [5, 5.41) is 13.1. The summed E-state index contributed by atoms with van der Waals surface area (Å²) in [5.74, 6) is 0.632. The van der Waals surface area contributed by atoms with Gasteiger partial charge in [0.2, 0.25) is 0 Å². The van der Waals surface area contributed by atoms with E-state index in [-0.39, 0.29) is 12.2 Å². The molecule has 0 amide bonds. The lowest BCUT2D eigenvalue weighted by atomic mass is 10.2. The summed E-state index contributed by atoms with van der Waals surface area (Å²) in [5.41, 5.74) is -0.117. The molecular formula is C11H12N2O2. The summed E-state index contributed by atoms with van der Waals surface area (Å²) < 4.78 is 0. The van der Waals surface area contributed by atoms with Crippen LogP contribution in [0.25, 0.3) is 10.8 Å². The molecule has 0 aliphatic rings. The van der Waals surface area contributed by atoms with Gasteiger partial charge in [0, 0.05) is 11.9 Å². The second-order valence-corrected chi connectivity index (χ2v) is 3.25. The number of aliphatic hydroxyl groups is 1. The number of fused-ring (bicyclic) bond motifs is 1. The summed E-state index contributed by atoms with van der Waals surface area (Å²) in [6.45, 7) is 0.461. The second kappa shape index (κ2) is 4.14.